The lowest BCUT2D eigenvalue weighted by Crippen LogP contribution is -2.34. The third-order valence-electron chi connectivity index (χ3n) is 4.15. The number of ketones is 1. The number of nitrogens with one attached hydrogen (secondary N) is 1. The van der Waals surface area contributed by atoms with Gasteiger partial charge >= 0.3 is 0 Å². The summed E-state index contributed by atoms with van der Waals surface area (Å²) in [5.41, 5.74) is 1.99. The molecule has 7 heteroatoms. The molecule has 0 fully saturated rings. The Hall–Kier alpha value is -1.89. The molecule has 2 heterocycles. The first-order chi connectivity index (χ1) is 12.5. The number of methoxy groups -OCH3 is 1. The maximum atomic E-state index is 11.7. The van der Waals surface area contributed by atoms with Crippen molar-refractivity contribution in [1.29, 1.82) is 0 Å². The van der Waals surface area contributed by atoms with Gasteiger partial charge in [0.05, 0.1) is 23.1 Å². The van der Waals surface area contributed by atoms with Gasteiger partial charge in [0.2, 0.25) is 5.91 Å². The molecule has 1 aliphatic rings. The van der Waals surface area contributed by atoms with E-state index in [1.54, 1.807) is 14.0 Å². The van der Waals surface area contributed by atoms with Crippen LogP contribution in [-0.2, 0) is 16.0 Å². The quantitative estimate of drug-likeness (QED) is 0.728. The number of fused-ring (bicyclic) bond motifs is 1. The van der Waals surface area contributed by atoms with Gasteiger partial charge < -0.3 is 14.8 Å². The summed E-state index contributed by atoms with van der Waals surface area (Å²) in [6.45, 7) is 2.39. The molecule has 0 saturated heterocycles. The van der Waals surface area contributed by atoms with Crippen molar-refractivity contribution in [2.75, 3.05) is 20.3 Å². The summed E-state index contributed by atoms with van der Waals surface area (Å²) in [6, 6.07) is 7.67. The number of carbonyl (C=O) groups excluding carboxylic acids is 2. The Balaban J connectivity index is 1.69. The Kier molecular flexibility index (Phi) is 5.96. The monoisotopic (exact) mass is 393 g/mol. The van der Waals surface area contributed by atoms with Crippen molar-refractivity contribution in [1.82, 2.24) is 5.32 Å². The highest BCUT2D eigenvalue weighted by Gasteiger charge is 2.26. The standard InChI is InChI=1S/C19H20ClNO4S/c1-11(22)16-3-4-17(26-16)12-7-13-8-14(25-19(13)15(20)9-12)10-21-18(23)5-6-24-2/h3-4,7,9,14H,5-6,8,10H2,1-2H3,(H,21,23)/t14-/m1/s1. The van der Waals surface area contributed by atoms with E-state index in [2.05, 4.69) is 5.32 Å². The third-order valence-corrected chi connectivity index (χ3v) is 5.67. The van der Waals surface area contributed by atoms with Gasteiger partial charge in [0.1, 0.15) is 11.9 Å². The number of ether oxygens (including phenoxy) is 2. The van der Waals surface area contributed by atoms with E-state index in [1.165, 1.54) is 11.3 Å². The first-order valence-electron chi connectivity index (χ1n) is 8.33. The van der Waals surface area contributed by atoms with Gasteiger partial charge in [-0.15, -0.1) is 11.3 Å². The van der Waals surface area contributed by atoms with Gasteiger partial charge in [-0.3, -0.25) is 9.59 Å². The van der Waals surface area contributed by atoms with Gasteiger partial charge in [0.25, 0.3) is 0 Å². The van der Waals surface area contributed by atoms with Crippen LogP contribution in [0.4, 0.5) is 0 Å². The zero-order valence-electron chi connectivity index (χ0n) is 14.6. The first kappa shape index (κ1) is 18.9. The average Bonchev–Trinajstić information content (AvgIpc) is 3.25. The molecule has 3 rings (SSSR count). The average molecular weight is 394 g/mol. The summed E-state index contributed by atoms with van der Waals surface area (Å²) in [7, 11) is 1.57. The van der Waals surface area contributed by atoms with E-state index >= 15 is 0 Å². The highest BCUT2D eigenvalue weighted by molar-refractivity contribution is 7.17. The molecular formula is C19H20ClNO4S. The fourth-order valence-electron chi connectivity index (χ4n) is 2.84. The number of hydrogen-bond donors (Lipinski definition) is 1. The number of rotatable bonds is 7. The van der Waals surface area contributed by atoms with Crippen LogP contribution in [0, 0.1) is 0 Å². The lowest BCUT2D eigenvalue weighted by molar-refractivity contribution is -0.122. The SMILES string of the molecule is COCCC(=O)NC[C@H]1Cc2cc(-c3ccc(C(C)=O)s3)cc(Cl)c2O1. The fraction of sp³-hybridized carbons (Fsp3) is 0.368. The molecular weight excluding hydrogens is 374 g/mol. The summed E-state index contributed by atoms with van der Waals surface area (Å²) < 4.78 is 10.8. The molecule has 0 unspecified atom stereocenters. The highest BCUT2D eigenvalue weighted by Crippen LogP contribution is 2.41. The number of thiophene rings is 1. The minimum atomic E-state index is -0.139. The molecule has 1 amide bonds. The van der Waals surface area contributed by atoms with Crippen LogP contribution >= 0.6 is 22.9 Å². The van der Waals surface area contributed by atoms with Crippen molar-refractivity contribution in [2.45, 2.75) is 25.9 Å². The Morgan fingerprint density at radius 1 is 1.38 bits per heavy atom. The van der Waals surface area contributed by atoms with Crippen LogP contribution in [-0.4, -0.2) is 38.1 Å². The van der Waals surface area contributed by atoms with E-state index in [0.717, 1.165) is 20.9 Å². The van der Waals surface area contributed by atoms with E-state index < -0.39 is 0 Å². The second-order valence-electron chi connectivity index (χ2n) is 6.16. The van der Waals surface area contributed by atoms with Crippen molar-refractivity contribution >= 4 is 34.6 Å². The van der Waals surface area contributed by atoms with Crippen LogP contribution in [0.5, 0.6) is 5.75 Å². The van der Waals surface area contributed by atoms with Crippen LogP contribution in [0.3, 0.4) is 0 Å². The number of Topliss-reactive ketones (excluding diaryl/α,β-unsaturated/α-hetero) is 1. The fourth-order valence-corrected chi connectivity index (χ4v) is 4.01. The summed E-state index contributed by atoms with van der Waals surface area (Å²) in [5, 5.41) is 3.40. The molecule has 1 aromatic carbocycles. The molecule has 2 aromatic rings. The van der Waals surface area contributed by atoms with E-state index in [4.69, 9.17) is 21.1 Å². The maximum Gasteiger partial charge on any atom is 0.222 e. The van der Waals surface area contributed by atoms with Gasteiger partial charge in [-0.2, -0.15) is 0 Å². The number of carbonyl (C=O) groups is 2. The van der Waals surface area contributed by atoms with E-state index in [0.29, 0.717) is 36.8 Å². The molecule has 26 heavy (non-hydrogen) atoms. The van der Waals surface area contributed by atoms with Crippen LogP contribution in [0.15, 0.2) is 24.3 Å². The van der Waals surface area contributed by atoms with Gasteiger partial charge in [0, 0.05) is 30.4 Å². The zero-order valence-corrected chi connectivity index (χ0v) is 16.2. The summed E-state index contributed by atoms with van der Waals surface area (Å²) in [4.78, 5) is 24.9. The molecule has 1 aliphatic heterocycles. The van der Waals surface area contributed by atoms with Crippen molar-refractivity contribution in [3.05, 3.63) is 39.7 Å². The normalized spacial score (nSPS) is 15.4. The third kappa shape index (κ3) is 4.26. The summed E-state index contributed by atoms with van der Waals surface area (Å²) in [6.07, 6.45) is 0.872. The van der Waals surface area contributed by atoms with E-state index in [9.17, 15) is 9.59 Å². The number of benzene rings is 1. The number of hydrogen-bond acceptors (Lipinski definition) is 5. The van der Waals surface area contributed by atoms with Gasteiger partial charge in [-0.25, -0.2) is 0 Å². The molecule has 0 bridgehead atoms. The molecule has 1 aromatic heterocycles. The Morgan fingerprint density at radius 2 is 2.19 bits per heavy atom. The zero-order chi connectivity index (χ0) is 18.7. The molecule has 0 spiro atoms. The van der Waals surface area contributed by atoms with Crippen LogP contribution in [0.2, 0.25) is 5.02 Å². The van der Waals surface area contributed by atoms with Crippen molar-refractivity contribution in [2.24, 2.45) is 0 Å². The van der Waals surface area contributed by atoms with Crippen molar-refractivity contribution in [3.8, 4) is 16.2 Å². The van der Waals surface area contributed by atoms with Gasteiger partial charge in [-0.05, 0) is 36.8 Å². The van der Waals surface area contributed by atoms with Gasteiger partial charge in [-0.1, -0.05) is 11.6 Å². The largest absolute Gasteiger partial charge is 0.486 e. The first-order valence-corrected chi connectivity index (χ1v) is 9.53. The van der Waals surface area contributed by atoms with Gasteiger partial charge in [0.15, 0.2) is 5.78 Å². The number of amides is 1. The lowest BCUT2D eigenvalue weighted by atomic mass is 10.1. The molecule has 1 atom stereocenters. The maximum absolute atomic E-state index is 11.7. The number of halogens is 1. The van der Waals surface area contributed by atoms with Crippen LogP contribution in [0.25, 0.3) is 10.4 Å². The second kappa shape index (κ2) is 8.20. The van der Waals surface area contributed by atoms with E-state index in [1.807, 2.05) is 24.3 Å². The molecule has 0 saturated carbocycles. The van der Waals surface area contributed by atoms with E-state index in [-0.39, 0.29) is 17.8 Å². The van der Waals surface area contributed by atoms with Crippen molar-refractivity contribution in [3.63, 3.8) is 0 Å². The predicted molar refractivity (Wildman–Crippen MR) is 102 cm³/mol. The summed E-state index contributed by atoms with van der Waals surface area (Å²) in [5.74, 6) is 0.671. The molecule has 5 nitrogen and oxygen atoms in total. The minimum Gasteiger partial charge on any atom is -0.486 e. The van der Waals surface area contributed by atoms with Crippen molar-refractivity contribution < 1.29 is 19.1 Å². The lowest BCUT2D eigenvalue weighted by Gasteiger charge is -2.12. The minimum absolute atomic E-state index is 0.0566. The topological polar surface area (TPSA) is 64.6 Å². The molecule has 0 radical (unpaired) electrons. The Bertz CT molecular complexity index is 833. The summed E-state index contributed by atoms with van der Waals surface area (Å²) >= 11 is 7.85. The Labute approximate surface area is 161 Å². The molecule has 1 N–H and O–H groups in total. The van der Waals surface area contributed by atoms with Crippen LogP contribution < -0.4 is 10.1 Å². The van der Waals surface area contributed by atoms with Crippen LogP contribution in [0.1, 0.15) is 28.6 Å². The molecule has 0 aliphatic carbocycles. The molecule has 138 valence electrons. The predicted octanol–water partition coefficient (Wildman–Crippen LogP) is 3.73. The second-order valence-corrected chi connectivity index (χ2v) is 7.65. The Morgan fingerprint density at radius 3 is 2.88 bits per heavy atom. The smallest absolute Gasteiger partial charge is 0.222 e. The highest BCUT2D eigenvalue weighted by atomic mass is 35.5.